The standard InChI is InChI=1S/C16H18N2O2/c1-12(2)16-17-9-10-18(16)11-14-5-3-13(4-6-14)7-8-15(19)20/h3-10,12H,11H2,1-2H3,(H,19,20). The van der Waals surface area contributed by atoms with Crippen LogP contribution in [0.3, 0.4) is 0 Å². The molecule has 104 valence electrons. The Morgan fingerprint density at radius 2 is 2.05 bits per heavy atom. The van der Waals surface area contributed by atoms with Crippen molar-refractivity contribution >= 4 is 12.0 Å². The van der Waals surface area contributed by atoms with Crippen LogP contribution in [0.2, 0.25) is 0 Å². The van der Waals surface area contributed by atoms with E-state index in [4.69, 9.17) is 5.11 Å². The van der Waals surface area contributed by atoms with Gasteiger partial charge in [0.2, 0.25) is 0 Å². The average molecular weight is 270 g/mol. The maximum absolute atomic E-state index is 10.5. The van der Waals surface area contributed by atoms with Gasteiger partial charge in [0.25, 0.3) is 0 Å². The Kier molecular flexibility index (Phi) is 4.35. The lowest BCUT2D eigenvalue weighted by Crippen LogP contribution is -2.05. The second-order valence-electron chi connectivity index (χ2n) is 4.98. The smallest absolute Gasteiger partial charge is 0.328 e. The molecule has 4 heteroatoms. The lowest BCUT2D eigenvalue weighted by molar-refractivity contribution is -0.131. The molecule has 1 N–H and O–H groups in total. The molecule has 1 aromatic carbocycles. The summed E-state index contributed by atoms with van der Waals surface area (Å²) >= 11 is 0. The van der Waals surface area contributed by atoms with Gasteiger partial charge in [0, 0.05) is 30.9 Å². The molecule has 1 aromatic heterocycles. The molecule has 0 aliphatic rings. The van der Waals surface area contributed by atoms with Crippen molar-refractivity contribution in [2.45, 2.75) is 26.3 Å². The lowest BCUT2D eigenvalue weighted by Gasteiger charge is -2.10. The number of carboxylic acid groups (broad SMARTS) is 1. The molecule has 0 saturated heterocycles. The second kappa shape index (κ2) is 6.19. The Hall–Kier alpha value is -2.36. The fourth-order valence-electron chi connectivity index (χ4n) is 2.05. The Labute approximate surface area is 118 Å². The highest BCUT2D eigenvalue weighted by Gasteiger charge is 2.07. The lowest BCUT2D eigenvalue weighted by atomic mass is 10.1. The quantitative estimate of drug-likeness (QED) is 0.849. The summed E-state index contributed by atoms with van der Waals surface area (Å²) in [6, 6.07) is 7.85. The summed E-state index contributed by atoms with van der Waals surface area (Å²) in [5, 5.41) is 8.59. The van der Waals surface area contributed by atoms with Crippen molar-refractivity contribution in [2.24, 2.45) is 0 Å². The van der Waals surface area contributed by atoms with Gasteiger partial charge in [-0.05, 0) is 17.2 Å². The normalized spacial score (nSPS) is 11.3. The van der Waals surface area contributed by atoms with Crippen molar-refractivity contribution in [3.63, 3.8) is 0 Å². The van der Waals surface area contributed by atoms with Gasteiger partial charge in [-0.2, -0.15) is 0 Å². The van der Waals surface area contributed by atoms with E-state index in [1.165, 1.54) is 0 Å². The van der Waals surface area contributed by atoms with E-state index in [2.05, 4.69) is 23.4 Å². The summed E-state index contributed by atoms with van der Waals surface area (Å²) in [5.41, 5.74) is 2.04. The molecular weight excluding hydrogens is 252 g/mol. The Morgan fingerprint density at radius 3 is 2.65 bits per heavy atom. The zero-order valence-corrected chi connectivity index (χ0v) is 11.7. The van der Waals surface area contributed by atoms with Gasteiger partial charge in [-0.1, -0.05) is 38.1 Å². The van der Waals surface area contributed by atoms with Crippen LogP contribution in [0.1, 0.15) is 36.7 Å². The van der Waals surface area contributed by atoms with Crippen LogP contribution in [0.25, 0.3) is 6.08 Å². The molecule has 0 atom stereocenters. The van der Waals surface area contributed by atoms with E-state index in [1.807, 2.05) is 36.7 Å². The molecule has 0 aliphatic heterocycles. The first-order valence-electron chi connectivity index (χ1n) is 6.57. The fourth-order valence-corrected chi connectivity index (χ4v) is 2.05. The van der Waals surface area contributed by atoms with Gasteiger partial charge in [0.05, 0.1) is 0 Å². The number of nitrogens with zero attached hydrogens (tertiary/aromatic N) is 2. The Bertz CT molecular complexity index is 610. The highest BCUT2D eigenvalue weighted by molar-refractivity contribution is 5.85. The molecule has 0 bridgehead atoms. The highest BCUT2D eigenvalue weighted by Crippen LogP contribution is 2.14. The van der Waals surface area contributed by atoms with Gasteiger partial charge >= 0.3 is 5.97 Å². The van der Waals surface area contributed by atoms with Crippen LogP contribution in [-0.4, -0.2) is 20.6 Å². The van der Waals surface area contributed by atoms with Crippen molar-refractivity contribution in [1.82, 2.24) is 9.55 Å². The zero-order chi connectivity index (χ0) is 14.5. The topological polar surface area (TPSA) is 55.1 Å². The van der Waals surface area contributed by atoms with Crippen LogP contribution in [0.15, 0.2) is 42.7 Å². The maximum Gasteiger partial charge on any atom is 0.328 e. The molecule has 0 saturated carbocycles. The van der Waals surface area contributed by atoms with E-state index in [0.717, 1.165) is 29.6 Å². The number of aromatic nitrogens is 2. The molecule has 1 heterocycles. The van der Waals surface area contributed by atoms with Gasteiger partial charge in [-0.25, -0.2) is 9.78 Å². The molecule has 0 aliphatic carbocycles. The molecule has 0 spiro atoms. The van der Waals surface area contributed by atoms with Gasteiger partial charge in [0.15, 0.2) is 0 Å². The summed E-state index contributed by atoms with van der Waals surface area (Å²) in [4.78, 5) is 14.8. The van der Waals surface area contributed by atoms with E-state index in [0.29, 0.717) is 5.92 Å². The summed E-state index contributed by atoms with van der Waals surface area (Å²) in [6.45, 7) is 5.02. The number of carboxylic acids is 1. The predicted octanol–water partition coefficient (Wildman–Crippen LogP) is 3.15. The minimum Gasteiger partial charge on any atom is -0.478 e. The van der Waals surface area contributed by atoms with Crippen molar-refractivity contribution in [2.75, 3.05) is 0 Å². The van der Waals surface area contributed by atoms with Crippen LogP contribution in [-0.2, 0) is 11.3 Å². The Morgan fingerprint density at radius 1 is 1.35 bits per heavy atom. The minimum absolute atomic E-state index is 0.391. The molecular formula is C16H18N2O2. The SMILES string of the molecule is CC(C)c1nccn1Cc1ccc(C=CC(=O)O)cc1. The molecule has 20 heavy (non-hydrogen) atoms. The van der Waals surface area contributed by atoms with Crippen LogP contribution in [0.5, 0.6) is 0 Å². The molecule has 0 unspecified atom stereocenters. The van der Waals surface area contributed by atoms with E-state index >= 15 is 0 Å². The fraction of sp³-hybridized carbons (Fsp3) is 0.250. The van der Waals surface area contributed by atoms with Crippen LogP contribution < -0.4 is 0 Å². The summed E-state index contributed by atoms with van der Waals surface area (Å²) in [5.74, 6) is 0.525. The molecule has 4 nitrogen and oxygen atoms in total. The monoisotopic (exact) mass is 270 g/mol. The van der Waals surface area contributed by atoms with E-state index in [9.17, 15) is 4.79 Å². The maximum atomic E-state index is 10.5. The third-order valence-corrected chi connectivity index (χ3v) is 3.02. The number of hydrogen-bond donors (Lipinski definition) is 1. The van der Waals surface area contributed by atoms with Crippen molar-refractivity contribution in [1.29, 1.82) is 0 Å². The van der Waals surface area contributed by atoms with Gasteiger partial charge < -0.3 is 9.67 Å². The number of rotatable bonds is 5. The third kappa shape index (κ3) is 3.57. The molecule has 2 rings (SSSR count). The third-order valence-electron chi connectivity index (χ3n) is 3.02. The second-order valence-corrected chi connectivity index (χ2v) is 4.98. The van der Waals surface area contributed by atoms with Gasteiger partial charge in [0.1, 0.15) is 5.82 Å². The average Bonchev–Trinajstić information content (AvgIpc) is 2.86. The highest BCUT2D eigenvalue weighted by atomic mass is 16.4. The van der Waals surface area contributed by atoms with Crippen LogP contribution >= 0.6 is 0 Å². The van der Waals surface area contributed by atoms with Gasteiger partial charge in [-0.15, -0.1) is 0 Å². The summed E-state index contributed by atoms with van der Waals surface area (Å²) in [6.07, 6.45) is 6.53. The van der Waals surface area contributed by atoms with Crippen LogP contribution in [0.4, 0.5) is 0 Å². The molecule has 0 fully saturated rings. The summed E-state index contributed by atoms with van der Waals surface area (Å²) in [7, 11) is 0. The number of benzene rings is 1. The van der Waals surface area contributed by atoms with Crippen LogP contribution in [0, 0.1) is 0 Å². The van der Waals surface area contributed by atoms with E-state index in [1.54, 1.807) is 6.08 Å². The number of aliphatic carboxylic acids is 1. The van der Waals surface area contributed by atoms with Crippen molar-refractivity contribution in [3.8, 4) is 0 Å². The number of imidazole rings is 1. The first-order valence-corrected chi connectivity index (χ1v) is 6.57. The van der Waals surface area contributed by atoms with Gasteiger partial charge in [-0.3, -0.25) is 0 Å². The number of carbonyl (C=O) groups is 1. The predicted molar refractivity (Wildman–Crippen MR) is 78.5 cm³/mol. The first-order chi connectivity index (χ1) is 9.56. The van der Waals surface area contributed by atoms with E-state index < -0.39 is 5.97 Å². The van der Waals surface area contributed by atoms with Crippen molar-refractivity contribution < 1.29 is 9.90 Å². The van der Waals surface area contributed by atoms with Crippen molar-refractivity contribution in [3.05, 3.63) is 59.7 Å². The Balaban J connectivity index is 2.11. The molecule has 2 aromatic rings. The first kappa shape index (κ1) is 14.1. The zero-order valence-electron chi connectivity index (χ0n) is 11.7. The minimum atomic E-state index is -0.936. The molecule has 0 radical (unpaired) electrons. The number of hydrogen-bond acceptors (Lipinski definition) is 2. The van der Waals surface area contributed by atoms with E-state index in [-0.39, 0.29) is 0 Å². The largest absolute Gasteiger partial charge is 0.478 e. The molecule has 0 amide bonds. The summed E-state index contributed by atoms with van der Waals surface area (Å²) < 4.78 is 2.13.